The number of hydrogen-bond donors (Lipinski definition) is 2. The van der Waals surface area contributed by atoms with Crippen LogP contribution in [0.4, 0.5) is 0 Å². The lowest BCUT2D eigenvalue weighted by molar-refractivity contribution is 0.0808. The molecule has 1 aliphatic rings. The zero-order chi connectivity index (χ0) is 20.2. The normalized spacial score (nSPS) is 16.0. The minimum absolute atomic E-state index is 0.0157. The molecule has 0 saturated carbocycles. The highest BCUT2D eigenvalue weighted by atomic mass is 16.5. The van der Waals surface area contributed by atoms with E-state index in [4.69, 9.17) is 4.74 Å². The third kappa shape index (κ3) is 2.59. The summed E-state index contributed by atoms with van der Waals surface area (Å²) in [5.41, 5.74) is 4.64. The van der Waals surface area contributed by atoms with Gasteiger partial charge in [-0.15, -0.1) is 0 Å². The van der Waals surface area contributed by atoms with Gasteiger partial charge in [0, 0.05) is 27.6 Å². The summed E-state index contributed by atoms with van der Waals surface area (Å²) in [5, 5.41) is 20.5. The third-order valence-corrected chi connectivity index (χ3v) is 5.79. The molecule has 0 saturated heterocycles. The fourth-order valence-corrected chi connectivity index (χ4v) is 4.42. The number of nitrogens with zero attached hydrogens (tertiary/aromatic N) is 1. The smallest absolute Gasteiger partial charge is 0.195 e. The van der Waals surface area contributed by atoms with Crippen molar-refractivity contribution in [2.75, 3.05) is 13.7 Å². The van der Waals surface area contributed by atoms with E-state index in [1.165, 1.54) is 0 Å². The summed E-state index contributed by atoms with van der Waals surface area (Å²) in [7, 11) is 3.62. The Morgan fingerprint density at radius 3 is 2.64 bits per heavy atom. The molecule has 1 heterocycles. The molecule has 144 valence electrons. The number of benzene rings is 2. The molecule has 0 spiro atoms. The number of ketones is 1. The van der Waals surface area contributed by atoms with Crippen LogP contribution in [-0.4, -0.2) is 48.2 Å². The molecule has 0 unspecified atom stereocenters. The van der Waals surface area contributed by atoms with Crippen LogP contribution in [0.1, 0.15) is 41.0 Å². The minimum Gasteiger partial charge on any atom is -0.497 e. The first kappa shape index (κ1) is 18.8. The van der Waals surface area contributed by atoms with Crippen molar-refractivity contribution in [2.45, 2.75) is 31.9 Å². The molecular weight excluding hydrogens is 353 g/mol. The number of fused-ring (bicyclic) bond motifs is 4. The van der Waals surface area contributed by atoms with E-state index in [9.17, 15) is 15.0 Å². The highest BCUT2D eigenvalue weighted by Crippen LogP contribution is 2.46. The monoisotopic (exact) mass is 377 g/mol. The Hall–Kier alpha value is -2.57. The van der Waals surface area contributed by atoms with Gasteiger partial charge < -0.3 is 19.5 Å². The van der Waals surface area contributed by atoms with E-state index in [-0.39, 0.29) is 18.9 Å². The number of ether oxygens (including phenoxy) is 1. The maximum absolute atomic E-state index is 13.5. The van der Waals surface area contributed by atoms with Crippen molar-refractivity contribution in [1.29, 1.82) is 0 Å². The number of aliphatic hydroxyl groups excluding tert-OH is 2. The molecule has 28 heavy (non-hydrogen) atoms. The Morgan fingerprint density at radius 2 is 1.96 bits per heavy atom. The van der Waals surface area contributed by atoms with Crippen molar-refractivity contribution in [2.24, 2.45) is 0 Å². The lowest BCUT2D eigenvalue weighted by Crippen LogP contribution is -2.34. The van der Waals surface area contributed by atoms with Gasteiger partial charge in [-0.05, 0) is 29.8 Å². The van der Waals surface area contributed by atoms with Crippen LogP contribution in [0.5, 0.6) is 5.75 Å². The summed E-state index contributed by atoms with van der Waals surface area (Å²) in [4.78, 5) is 13.5. The van der Waals surface area contributed by atoms with Crippen LogP contribution >= 0.6 is 0 Å². The number of aromatic nitrogens is 1. The fourth-order valence-electron chi connectivity index (χ4n) is 4.42. The SMILES string of the molecule is Bc1ccc2c3c(n(C[C@H](O)CO)c2c1)C(C)(C)c1cc(OC)ccc1C3=O. The molecule has 2 aromatic carbocycles. The Labute approximate surface area is 165 Å². The topological polar surface area (TPSA) is 71.7 Å². The van der Waals surface area contributed by atoms with Gasteiger partial charge in [-0.1, -0.05) is 31.4 Å². The summed E-state index contributed by atoms with van der Waals surface area (Å²) in [6.45, 7) is 4.06. The summed E-state index contributed by atoms with van der Waals surface area (Å²) < 4.78 is 7.39. The fraction of sp³-hybridized carbons (Fsp3) is 0.318. The number of methoxy groups -OCH3 is 1. The highest BCUT2D eigenvalue weighted by Gasteiger charge is 2.41. The molecule has 0 radical (unpaired) electrons. The number of rotatable bonds is 4. The molecule has 3 aromatic rings. The van der Waals surface area contributed by atoms with Gasteiger partial charge in [0.1, 0.15) is 13.6 Å². The predicted molar refractivity (Wildman–Crippen MR) is 112 cm³/mol. The van der Waals surface area contributed by atoms with E-state index in [0.717, 1.165) is 27.6 Å². The van der Waals surface area contributed by atoms with Crippen molar-refractivity contribution in [3.05, 3.63) is 58.8 Å². The average Bonchev–Trinajstić information content (AvgIpc) is 3.00. The number of carbonyl (C=O) groups is 1. The van der Waals surface area contributed by atoms with E-state index in [2.05, 4.69) is 13.8 Å². The second-order valence-electron chi connectivity index (χ2n) is 8.06. The second kappa shape index (κ2) is 6.50. The molecule has 0 fully saturated rings. The van der Waals surface area contributed by atoms with Crippen LogP contribution in [0, 0.1) is 0 Å². The van der Waals surface area contributed by atoms with Gasteiger partial charge in [-0.25, -0.2) is 0 Å². The van der Waals surface area contributed by atoms with Crippen LogP contribution < -0.4 is 10.2 Å². The van der Waals surface area contributed by atoms with Gasteiger partial charge in [0.2, 0.25) is 0 Å². The van der Waals surface area contributed by atoms with Crippen LogP contribution in [-0.2, 0) is 12.0 Å². The third-order valence-electron chi connectivity index (χ3n) is 5.79. The number of carbonyl (C=O) groups excluding carboxylic acids is 1. The molecule has 0 aliphatic heterocycles. The van der Waals surface area contributed by atoms with Crippen molar-refractivity contribution in [3.63, 3.8) is 0 Å². The lowest BCUT2D eigenvalue weighted by atomic mass is 9.71. The van der Waals surface area contributed by atoms with Gasteiger partial charge >= 0.3 is 0 Å². The van der Waals surface area contributed by atoms with Crippen LogP contribution in [0.3, 0.4) is 0 Å². The summed E-state index contributed by atoms with van der Waals surface area (Å²) in [6.07, 6.45) is -0.905. The highest BCUT2D eigenvalue weighted by molar-refractivity contribution is 6.33. The molecule has 1 atom stereocenters. The molecule has 4 rings (SSSR count). The van der Waals surface area contributed by atoms with E-state index >= 15 is 0 Å². The first-order valence-corrected chi connectivity index (χ1v) is 9.45. The standard InChI is InChI=1S/C22H24BNO4/c1-22(2)17-9-14(28-3)5-7-15(17)20(27)19-16-6-4-12(23)8-18(16)24(21(19)22)10-13(26)11-25/h4-9,13,25-26H,10-11,23H2,1-3H3/t13-/m0/s1. The zero-order valence-electron chi connectivity index (χ0n) is 16.6. The average molecular weight is 377 g/mol. The summed E-state index contributed by atoms with van der Waals surface area (Å²) >= 11 is 0. The van der Waals surface area contributed by atoms with Gasteiger partial charge in [0.25, 0.3) is 0 Å². The van der Waals surface area contributed by atoms with Gasteiger partial charge in [-0.3, -0.25) is 4.79 Å². The van der Waals surface area contributed by atoms with Gasteiger partial charge in [0.05, 0.1) is 31.9 Å². The Morgan fingerprint density at radius 1 is 1.21 bits per heavy atom. The van der Waals surface area contributed by atoms with Crippen molar-refractivity contribution in [1.82, 2.24) is 4.57 Å². The summed E-state index contributed by atoms with van der Waals surface area (Å²) in [6, 6.07) is 11.6. The first-order valence-electron chi connectivity index (χ1n) is 9.45. The molecule has 5 nitrogen and oxygen atoms in total. The van der Waals surface area contributed by atoms with E-state index in [1.54, 1.807) is 7.11 Å². The minimum atomic E-state index is -0.905. The largest absolute Gasteiger partial charge is 0.497 e. The number of aliphatic hydroxyl groups is 2. The predicted octanol–water partition coefficient (Wildman–Crippen LogP) is 1.13. The number of hydrogen-bond acceptors (Lipinski definition) is 4. The van der Waals surface area contributed by atoms with Gasteiger partial charge in [-0.2, -0.15) is 0 Å². The van der Waals surface area contributed by atoms with Gasteiger partial charge in [0.15, 0.2) is 5.78 Å². The Balaban J connectivity index is 2.08. The Kier molecular flexibility index (Phi) is 4.36. The quantitative estimate of drug-likeness (QED) is 0.669. The van der Waals surface area contributed by atoms with Crippen LogP contribution in [0.25, 0.3) is 10.9 Å². The molecule has 1 aliphatic carbocycles. The Bertz CT molecular complexity index is 1100. The second-order valence-corrected chi connectivity index (χ2v) is 8.06. The lowest BCUT2D eigenvalue weighted by Gasteiger charge is -2.34. The first-order chi connectivity index (χ1) is 13.3. The van der Waals surface area contributed by atoms with E-state index in [1.807, 2.05) is 48.8 Å². The van der Waals surface area contributed by atoms with Crippen LogP contribution in [0.2, 0.25) is 0 Å². The molecule has 0 amide bonds. The van der Waals surface area contributed by atoms with E-state index < -0.39 is 11.5 Å². The molecule has 6 heteroatoms. The maximum atomic E-state index is 13.5. The maximum Gasteiger partial charge on any atom is 0.195 e. The molecular formula is C22H24BNO4. The van der Waals surface area contributed by atoms with Crippen LogP contribution in [0.15, 0.2) is 36.4 Å². The van der Waals surface area contributed by atoms with Crippen molar-refractivity contribution < 1.29 is 19.7 Å². The summed E-state index contributed by atoms with van der Waals surface area (Å²) in [5.74, 6) is 0.690. The van der Waals surface area contributed by atoms with Crippen molar-refractivity contribution >= 4 is 30.0 Å². The molecule has 0 bridgehead atoms. The van der Waals surface area contributed by atoms with Crippen molar-refractivity contribution in [3.8, 4) is 5.75 Å². The zero-order valence-corrected chi connectivity index (χ0v) is 16.6. The molecule has 2 N–H and O–H groups in total. The molecule has 1 aromatic heterocycles. The van der Waals surface area contributed by atoms with E-state index in [0.29, 0.717) is 16.9 Å².